The second-order valence-corrected chi connectivity index (χ2v) is 5.53. The Labute approximate surface area is 146 Å². The molecule has 5 heteroatoms. The maximum atomic E-state index is 11.0. The predicted molar refractivity (Wildman–Crippen MR) is 100 cm³/mol. The van der Waals surface area contributed by atoms with Crippen molar-refractivity contribution < 1.29 is 4.79 Å². The van der Waals surface area contributed by atoms with E-state index in [0.717, 1.165) is 22.4 Å². The Morgan fingerprint density at radius 1 is 1.04 bits per heavy atom. The van der Waals surface area contributed by atoms with E-state index >= 15 is 0 Å². The van der Waals surface area contributed by atoms with Gasteiger partial charge in [-0.2, -0.15) is 0 Å². The highest BCUT2D eigenvalue weighted by molar-refractivity contribution is 6.14. The predicted octanol–water partition coefficient (Wildman–Crippen LogP) is 4.05. The number of benzene rings is 2. The van der Waals surface area contributed by atoms with Gasteiger partial charge in [0, 0.05) is 23.4 Å². The zero-order chi connectivity index (χ0) is 17.6. The first-order chi connectivity index (χ1) is 12.1. The van der Waals surface area contributed by atoms with Gasteiger partial charge in [-0.3, -0.25) is 5.32 Å². The van der Waals surface area contributed by atoms with Gasteiger partial charge in [-0.25, -0.2) is 14.8 Å². The Kier molecular flexibility index (Phi) is 4.85. The maximum Gasteiger partial charge on any atom is 0.317 e. The number of nitrogens with two attached hydrogens (primary N) is 1. The second-order valence-electron chi connectivity index (χ2n) is 5.53. The smallest absolute Gasteiger partial charge is 0.317 e. The monoisotopic (exact) mass is 330 g/mol. The van der Waals surface area contributed by atoms with Gasteiger partial charge in [0.15, 0.2) is 0 Å². The van der Waals surface area contributed by atoms with E-state index < -0.39 is 6.03 Å². The van der Waals surface area contributed by atoms with Crippen molar-refractivity contribution in [3.63, 3.8) is 0 Å². The molecule has 0 aliphatic heterocycles. The van der Waals surface area contributed by atoms with Gasteiger partial charge < -0.3 is 5.73 Å². The van der Waals surface area contributed by atoms with E-state index in [1.807, 2.05) is 48.5 Å². The Balaban J connectivity index is 2.11. The number of urea groups is 1. The lowest BCUT2D eigenvalue weighted by Crippen LogP contribution is -2.19. The van der Waals surface area contributed by atoms with Crippen molar-refractivity contribution in [2.45, 2.75) is 6.92 Å². The minimum atomic E-state index is -0.657. The molecule has 3 aromatic rings. The largest absolute Gasteiger partial charge is 0.351 e. The standard InChI is InChI=1S/C20H18N4O/c1-14-7-5-6-10-17(14)19(15-8-3-2-4-9-15)23-16-11-12-22-18(13-16)24-20(21)25/h2-13H,1H3,(H3,21,22,24,25). The molecule has 2 amide bonds. The quantitative estimate of drug-likeness (QED) is 0.708. The molecule has 3 rings (SSSR count). The summed E-state index contributed by atoms with van der Waals surface area (Å²) in [6.07, 6.45) is 1.59. The maximum absolute atomic E-state index is 11.0. The first kappa shape index (κ1) is 16.4. The number of carbonyl (C=O) groups is 1. The van der Waals surface area contributed by atoms with Crippen LogP contribution in [0.3, 0.4) is 0 Å². The molecule has 3 N–H and O–H groups in total. The molecule has 1 aromatic heterocycles. The number of aromatic nitrogens is 1. The molecule has 0 unspecified atom stereocenters. The minimum absolute atomic E-state index is 0.367. The first-order valence-corrected chi connectivity index (χ1v) is 7.86. The fourth-order valence-corrected chi connectivity index (χ4v) is 2.53. The average Bonchev–Trinajstić information content (AvgIpc) is 2.61. The summed E-state index contributed by atoms with van der Waals surface area (Å²) in [5.41, 5.74) is 9.89. The summed E-state index contributed by atoms with van der Waals surface area (Å²) in [5, 5.41) is 2.47. The first-order valence-electron chi connectivity index (χ1n) is 7.86. The van der Waals surface area contributed by atoms with E-state index in [1.165, 1.54) is 0 Å². The van der Waals surface area contributed by atoms with Crippen LogP contribution >= 0.6 is 0 Å². The van der Waals surface area contributed by atoms with Gasteiger partial charge in [0.25, 0.3) is 0 Å². The van der Waals surface area contributed by atoms with Crippen LogP contribution in [0.15, 0.2) is 77.9 Å². The second kappa shape index (κ2) is 7.40. The number of nitrogens with one attached hydrogen (secondary N) is 1. The summed E-state index contributed by atoms with van der Waals surface area (Å²) in [4.78, 5) is 19.9. The van der Waals surface area contributed by atoms with Gasteiger partial charge in [0.2, 0.25) is 0 Å². The van der Waals surface area contributed by atoms with Gasteiger partial charge in [-0.15, -0.1) is 0 Å². The Bertz CT molecular complexity index is 920. The van der Waals surface area contributed by atoms with Gasteiger partial charge in [-0.05, 0) is 18.6 Å². The fourth-order valence-electron chi connectivity index (χ4n) is 2.53. The molecule has 0 saturated carbocycles. The fraction of sp³-hybridized carbons (Fsp3) is 0.0500. The summed E-state index contributed by atoms with van der Waals surface area (Å²) in [6, 6.07) is 20.9. The molecule has 0 aliphatic carbocycles. The van der Waals surface area contributed by atoms with Crippen LogP contribution in [0, 0.1) is 6.92 Å². The third kappa shape index (κ3) is 4.09. The summed E-state index contributed by atoms with van der Waals surface area (Å²) >= 11 is 0. The van der Waals surface area contributed by atoms with E-state index in [0.29, 0.717) is 11.5 Å². The molecule has 0 spiro atoms. The lowest BCUT2D eigenvalue weighted by Gasteiger charge is -2.11. The van der Waals surface area contributed by atoms with E-state index in [2.05, 4.69) is 23.3 Å². The van der Waals surface area contributed by atoms with Gasteiger partial charge in [-0.1, -0.05) is 54.6 Å². The Morgan fingerprint density at radius 3 is 2.48 bits per heavy atom. The number of aryl methyl sites for hydroxylation is 1. The number of carbonyl (C=O) groups excluding carboxylic acids is 1. The van der Waals surface area contributed by atoms with Crippen molar-refractivity contribution >= 4 is 23.2 Å². The van der Waals surface area contributed by atoms with Crippen LogP contribution < -0.4 is 11.1 Å². The van der Waals surface area contributed by atoms with Gasteiger partial charge in [0.05, 0.1) is 11.4 Å². The molecule has 5 nitrogen and oxygen atoms in total. The normalized spacial score (nSPS) is 11.2. The molecule has 0 atom stereocenters. The van der Waals surface area contributed by atoms with Crippen LogP contribution in [-0.4, -0.2) is 16.7 Å². The molecule has 0 radical (unpaired) electrons. The number of hydrogen-bond acceptors (Lipinski definition) is 3. The third-order valence-corrected chi connectivity index (χ3v) is 3.68. The molecule has 0 aliphatic rings. The van der Waals surface area contributed by atoms with E-state index in [9.17, 15) is 4.79 Å². The molecule has 0 fully saturated rings. The van der Waals surface area contributed by atoms with Crippen LogP contribution in [-0.2, 0) is 0 Å². The molecule has 0 bridgehead atoms. The molecule has 0 saturated heterocycles. The zero-order valence-electron chi connectivity index (χ0n) is 13.8. The SMILES string of the molecule is Cc1ccccc1C(=Nc1ccnc(NC(N)=O)c1)c1ccccc1. The number of rotatable bonds is 4. The van der Waals surface area contributed by atoms with Crippen molar-refractivity contribution in [2.24, 2.45) is 10.7 Å². The zero-order valence-corrected chi connectivity index (χ0v) is 13.8. The minimum Gasteiger partial charge on any atom is -0.351 e. The number of amides is 2. The third-order valence-electron chi connectivity index (χ3n) is 3.68. The summed E-state index contributed by atoms with van der Waals surface area (Å²) in [5.74, 6) is 0.367. The summed E-state index contributed by atoms with van der Waals surface area (Å²) < 4.78 is 0. The Hall–Kier alpha value is -3.47. The Morgan fingerprint density at radius 2 is 1.76 bits per heavy atom. The van der Waals surface area contributed by atoms with E-state index in [-0.39, 0.29) is 0 Å². The lowest BCUT2D eigenvalue weighted by molar-refractivity contribution is 0.259. The van der Waals surface area contributed by atoms with Crippen LogP contribution in [0.1, 0.15) is 16.7 Å². The average molecular weight is 330 g/mol. The highest BCUT2D eigenvalue weighted by atomic mass is 16.2. The van der Waals surface area contributed by atoms with Crippen molar-refractivity contribution in [2.75, 3.05) is 5.32 Å². The molecular formula is C20H18N4O. The molecule has 124 valence electrons. The highest BCUT2D eigenvalue weighted by Crippen LogP contribution is 2.21. The number of nitrogens with zero attached hydrogens (tertiary/aromatic N) is 2. The van der Waals surface area contributed by atoms with Gasteiger partial charge >= 0.3 is 6.03 Å². The topological polar surface area (TPSA) is 80.4 Å². The summed E-state index contributed by atoms with van der Waals surface area (Å²) in [6.45, 7) is 2.06. The lowest BCUT2D eigenvalue weighted by atomic mass is 9.98. The number of anilines is 1. The van der Waals surface area contributed by atoms with Crippen molar-refractivity contribution in [1.82, 2.24) is 4.98 Å². The van der Waals surface area contributed by atoms with Crippen molar-refractivity contribution in [3.8, 4) is 0 Å². The van der Waals surface area contributed by atoms with Crippen LogP contribution in [0.2, 0.25) is 0 Å². The van der Waals surface area contributed by atoms with Gasteiger partial charge in [0.1, 0.15) is 5.82 Å². The van der Waals surface area contributed by atoms with Crippen molar-refractivity contribution in [3.05, 3.63) is 89.6 Å². The summed E-state index contributed by atoms with van der Waals surface area (Å²) in [7, 11) is 0. The van der Waals surface area contributed by atoms with Crippen LogP contribution in [0.4, 0.5) is 16.3 Å². The van der Waals surface area contributed by atoms with Crippen LogP contribution in [0.5, 0.6) is 0 Å². The molecule has 25 heavy (non-hydrogen) atoms. The number of primary amides is 1. The van der Waals surface area contributed by atoms with E-state index in [4.69, 9.17) is 10.7 Å². The highest BCUT2D eigenvalue weighted by Gasteiger charge is 2.10. The molecule has 1 heterocycles. The van der Waals surface area contributed by atoms with Crippen LogP contribution in [0.25, 0.3) is 0 Å². The van der Waals surface area contributed by atoms with Crippen molar-refractivity contribution in [1.29, 1.82) is 0 Å². The number of pyridine rings is 1. The van der Waals surface area contributed by atoms with E-state index in [1.54, 1.807) is 18.3 Å². The number of hydrogen-bond donors (Lipinski definition) is 2. The molecule has 2 aromatic carbocycles. The molecular weight excluding hydrogens is 312 g/mol. The number of aliphatic imine (C=N–C) groups is 1.